The molecule has 0 aromatic heterocycles. The Kier molecular flexibility index (Phi) is 9.27. The van der Waals surface area contributed by atoms with E-state index >= 15 is 0 Å². The molecule has 10 nitrogen and oxygen atoms in total. The molecule has 0 heterocycles. The molecule has 0 spiro atoms. The molecule has 0 saturated carbocycles. The molecule has 0 radical (unpaired) electrons. The largest absolute Gasteiger partial charge is 0.457 e. The Morgan fingerprint density at radius 2 is 0.714 bits per heavy atom. The summed E-state index contributed by atoms with van der Waals surface area (Å²) < 4.78 is 38.3. The van der Waals surface area contributed by atoms with Crippen molar-refractivity contribution < 1.29 is 27.5 Å². The van der Waals surface area contributed by atoms with Crippen LogP contribution in [0.3, 0.4) is 0 Å². The van der Waals surface area contributed by atoms with Gasteiger partial charge in [0.05, 0.1) is 9.79 Å². The highest BCUT2D eigenvalue weighted by Crippen LogP contribution is 2.29. The van der Waals surface area contributed by atoms with Gasteiger partial charge in [-0.05, 0) is 146 Å². The summed E-state index contributed by atoms with van der Waals surface area (Å²) in [5, 5.41) is 5.62. The van der Waals surface area contributed by atoms with E-state index in [2.05, 4.69) is 10.6 Å². The van der Waals surface area contributed by atoms with Crippen LogP contribution < -0.4 is 31.6 Å². The van der Waals surface area contributed by atoms with Crippen LogP contribution >= 0.6 is 0 Å². The molecule has 6 aromatic rings. The Bertz CT molecular complexity index is 2030. The third-order valence-electron chi connectivity index (χ3n) is 7.31. The third-order valence-corrected chi connectivity index (χ3v) is 9.10. The van der Waals surface area contributed by atoms with Gasteiger partial charge in [-0.15, -0.1) is 0 Å². The van der Waals surface area contributed by atoms with E-state index in [1.54, 1.807) is 121 Å². The number of ether oxygens (including phenoxy) is 2. The van der Waals surface area contributed by atoms with Gasteiger partial charge >= 0.3 is 0 Å². The number of nitrogens with one attached hydrogen (secondary N) is 2. The molecule has 0 aliphatic rings. The lowest BCUT2D eigenvalue weighted by Gasteiger charge is -2.10. The maximum atomic E-state index is 13.3. The second-order valence-electron chi connectivity index (χ2n) is 10.9. The number of amides is 2. The van der Waals surface area contributed by atoms with Gasteiger partial charge in [-0.2, -0.15) is 0 Å². The first-order chi connectivity index (χ1) is 23.6. The molecule has 49 heavy (non-hydrogen) atoms. The average Bonchev–Trinajstić information content (AvgIpc) is 3.11. The summed E-state index contributed by atoms with van der Waals surface area (Å²) in [5.74, 6) is 1.37. The molecule has 11 heteroatoms. The van der Waals surface area contributed by atoms with Gasteiger partial charge < -0.3 is 31.6 Å². The van der Waals surface area contributed by atoms with Crippen molar-refractivity contribution in [2.45, 2.75) is 9.79 Å². The number of hydrogen-bond acceptors (Lipinski definition) is 8. The van der Waals surface area contributed by atoms with Gasteiger partial charge in [0, 0.05) is 33.9 Å². The van der Waals surface area contributed by atoms with Crippen molar-refractivity contribution in [1.29, 1.82) is 0 Å². The molecule has 244 valence electrons. The van der Waals surface area contributed by atoms with Gasteiger partial charge in [-0.1, -0.05) is 0 Å². The topological polar surface area (TPSA) is 163 Å². The van der Waals surface area contributed by atoms with Gasteiger partial charge in [0.1, 0.15) is 23.0 Å². The summed E-state index contributed by atoms with van der Waals surface area (Å²) in [6.45, 7) is 0. The molecule has 0 aliphatic heterocycles. The lowest BCUT2D eigenvalue weighted by Crippen LogP contribution is -2.11. The normalized spacial score (nSPS) is 10.9. The number of carbonyl (C=O) groups excluding carboxylic acids is 2. The Morgan fingerprint density at radius 1 is 0.429 bits per heavy atom. The van der Waals surface area contributed by atoms with Crippen LogP contribution in [0.4, 0.5) is 22.7 Å². The first-order valence-corrected chi connectivity index (χ1v) is 16.5. The zero-order chi connectivity index (χ0) is 34.4. The highest BCUT2D eigenvalue weighted by atomic mass is 32.2. The van der Waals surface area contributed by atoms with Gasteiger partial charge in [-0.25, -0.2) is 8.42 Å². The number of rotatable bonds is 10. The van der Waals surface area contributed by atoms with Crippen LogP contribution in [-0.2, 0) is 9.84 Å². The maximum Gasteiger partial charge on any atom is 0.255 e. The smallest absolute Gasteiger partial charge is 0.255 e. The second-order valence-corrected chi connectivity index (χ2v) is 12.8. The van der Waals surface area contributed by atoms with Gasteiger partial charge in [0.15, 0.2) is 0 Å². The highest BCUT2D eigenvalue weighted by molar-refractivity contribution is 7.91. The fraction of sp³-hybridized carbons (Fsp3) is 0. The van der Waals surface area contributed by atoms with Crippen LogP contribution in [0.1, 0.15) is 20.7 Å². The van der Waals surface area contributed by atoms with Crippen molar-refractivity contribution in [2.75, 3.05) is 22.1 Å². The summed E-state index contributed by atoms with van der Waals surface area (Å²) in [7, 11) is -3.81. The number of anilines is 4. The Hall–Kier alpha value is -6.59. The predicted molar refractivity (Wildman–Crippen MR) is 189 cm³/mol. The molecule has 6 aromatic carbocycles. The maximum absolute atomic E-state index is 13.3. The number of nitrogens with two attached hydrogens (primary N) is 2. The number of carbonyl (C=O) groups is 2. The van der Waals surface area contributed by atoms with E-state index in [1.807, 2.05) is 0 Å². The highest BCUT2D eigenvalue weighted by Gasteiger charge is 2.18. The second kappa shape index (κ2) is 14.0. The summed E-state index contributed by atoms with van der Waals surface area (Å²) >= 11 is 0. The fourth-order valence-electron chi connectivity index (χ4n) is 4.67. The molecular weight excluding hydrogens is 641 g/mol. The van der Waals surface area contributed by atoms with Gasteiger partial charge in [-0.3, -0.25) is 9.59 Å². The van der Waals surface area contributed by atoms with Crippen LogP contribution in [-0.4, -0.2) is 20.2 Å². The van der Waals surface area contributed by atoms with Gasteiger partial charge in [0.25, 0.3) is 11.8 Å². The van der Waals surface area contributed by atoms with Crippen molar-refractivity contribution in [3.05, 3.63) is 157 Å². The molecule has 0 aliphatic carbocycles. The molecule has 0 saturated heterocycles. The molecule has 0 fully saturated rings. The molecule has 0 atom stereocenters. The number of sulfone groups is 1. The molecule has 6 rings (SSSR count). The minimum atomic E-state index is -3.81. The molecular formula is C38H30N4O6S. The lowest BCUT2D eigenvalue weighted by atomic mass is 10.2. The Labute approximate surface area is 282 Å². The Morgan fingerprint density at radius 3 is 1.02 bits per heavy atom. The van der Waals surface area contributed by atoms with Crippen molar-refractivity contribution >= 4 is 44.4 Å². The minimum absolute atomic E-state index is 0.103. The third kappa shape index (κ3) is 8.05. The molecule has 2 amide bonds. The van der Waals surface area contributed by atoms with Crippen molar-refractivity contribution in [1.82, 2.24) is 0 Å². The number of benzene rings is 6. The van der Waals surface area contributed by atoms with E-state index in [-0.39, 0.29) is 21.6 Å². The van der Waals surface area contributed by atoms with Crippen LogP contribution in [0.25, 0.3) is 0 Å². The van der Waals surface area contributed by atoms with Crippen molar-refractivity contribution in [3.8, 4) is 23.0 Å². The quantitative estimate of drug-likeness (QED) is 0.107. The van der Waals surface area contributed by atoms with Crippen LogP contribution in [0, 0.1) is 0 Å². The van der Waals surface area contributed by atoms with Crippen LogP contribution in [0.15, 0.2) is 155 Å². The van der Waals surface area contributed by atoms with Gasteiger partial charge in [0.2, 0.25) is 9.84 Å². The standard InChI is InChI=1S/C38H30N4O6S/c39-27-5-1-25(2-6-27)37(43)41-29-9-13-31(14-10-29)47-33-17-21-35(22-18-33)49(45,46)36-23-19-34(20-24-36)48-32-15-11-30(12-16-32)42-38(44)26-3-7-28(40)8-4-26/h1-24H,39-40H2,(H,41,43)(H,42,44). The van der Waals surface area contributed by atoms with E-state index in [4.69, 9.17) is 20.9 Å². The summed E-state index contributed by atoms with van der Waals surface area (Å²) in [6.07, 6.45) is 0. The average molecular weight is 671 g/mol. The summed E-state index contributed by atoms with van der Waals surface area (Å²) in [4.78, 5) is 25.1. The minimum Gasteiger partial charge on any atom is -0.457 e. The fourth-order valence-corrected chi connectivity index (χ4v) is 5.93. The zero-order valence-corrected chi connectivity index (χ0v) is 26.7. The number of nitrogen functional groups attached to an aromatic ring is 2. The van der Waals surface area contributed by atoms with E-state index in [1.165, 1.54) is 24.3 Å². The summed E-state index contributed by atoms with van der Waals surface area (Å²) in [6, 6.07) is 39.0. The molecule has 0 bridgehead atoms. The van der Waals surface area contributed by atoms with E-state index in [0.717, 1.165) is 0 Å². The van der Waals surface area contributed by atoms with Crippen molar-refractivity contribution in [2.24, 2.45) is 0 Å². The molecule has 6 N–H and O–H groups in total. The lowest BCUT2D eigenvalue weighted by molar-refractivity contribution is 0.101. The van der Waals surface area contributed by atoms with E-state index in [9.17, 15) is 18.0 Å². The van der Waals surface area contributed by atoms with Crippen molar-refractivity contribution in [3.63, 3.8) is 0 Å². The molecule has 0 unspecified atom stereocenters. The predicted octanol–water partition coefficient (Wildman–Crippen LogP) is 7.77. The Balaban J connectivity index is 1.03. The summed E-state index contributed by atoms with van der Waals surface area (Å²) in [5.41, 5.74) is 14.6. The zero-order valence-electron chi connectivity index (χ0n) is 25.9. The van der Waals surface area contributed by atoms with Crippen LogP contribution in [0.2, 0.25) is 0 Å². The van der Waals surface area contributed by atoms with E-state index < -0.39 is 9.84 Å². The monoisotopic (exact) mass is 670 g/mol. The van der Waals surface area contributed by atoms with Crippen LogP contribution in [0.5, 0.6) is 23.0 Å². The number of hydrogen-bond donors (Lipinski definition) is 4. The first-order valence-electron chi connectivity index (χ1n) is 15.0. The van der Waals surface area contributed by atoms with E-state index in [0.29, 0.717) is 56.9 Å². The first kappa shape index (κ1) is 32.4. The SMILES string of the molecule is Nc1ccc(C(=O)Nc2ccc(Oc3ccc(S(=O)(=O)c4ccc(Oc5ccc(NC(=O)c6ccc(N)cc6)cc5)cc4)cc3)cc2)cc1.